The van der Waals surface area contributed by atoms with E-state index in [0.29, 0.717) is 26.2 Å². The third kappa shape index (κ3) is 3.98. The molecule has 0 bridgehead atoms. The first-order valence-corrected chi connectivity index (χ1v) is 9.21. The molecule has 0 spiro atoms. The lowest BCUT2D eigenvalue weighted by molar-refractivity contribution is 0.0941. The van der Waals surface area contributed by atoms with Gasteiger partial charge < -0.3 is 14.5 Å². The molecule has 1 fully saturated rings. The molecule has 1 saturated heterocycles. The number of ether oxygens (including phenoxy) is 1. The highest BCUT2D eigenvalue weighted by molar-refractivity contribution is 5.68. The summed E-state index contributed by atoms with van der Waals surface area (Å²) in [7, 11) is 0. The van der Waals surface area contributed by atoms with Crippen LogP contribution in [0, 0.1) is 5.82 Å². The van der Waals surface area contributed by atoms with Crippen LogP contribution in [-0.4, -0.2) is 47.0 Å². The molecule has 28 heavy (non-hydrogen) atoms. The van der Waals surface area contributed by atoms with Crippen molar-refractivity contribution in [3.63, 3.8) is 0 Å². The summed E-state index contributed by atoms with van der Waals surface area (Å²) in [5.74, 6) is 0.643. The Hall–Kier alpha value is -3.35. The van der Waals surface area contributed by atoms with Crippen LogP contribution in [0.5, 0.6) is 0 Å². The first-order valence-electron chi connectivity index (χ1n) is 9.21. The topological polar surface area (TPSA) is 50.6 Å². The molecular formula is C21H21FN4O2. The molecule has 3 aromatic rings. The predicted octanol–water partition coefficient (Wildman–Crippen LogP) is 3.47. The summed E-state index contributed by atoms with van der Waals surface area (Å²) in [4.78, 5) is 16.2. The van der Waals surface area contributed by atoms with E-state index in [2.05, 4.69) is 10.00 Å². The number of amides is 1. The first-order chi connectivity index (χ1) is 13.7. The van der Waals surface area contributed by atoms with Crippen LogP contribution in [0.1, 0.15) is 5.56 Å². The number of nitrogens with zero attached hydrogens (tertiary/aromatic N) is 4. The largest absolute Gasteiger partial charge is 0.445 e. The van der Waals surface area contributed by atoms with Crippen LogP contribution in [-0.2, 0) is 11.3 Å². The normalized spacial score (nSPS) is 14.2. The second kappa shape index (κ2) is 8.12. The quantitative estimate of drug-likeness (QED) is 0.696. The zero-order valence-corrected chi connectivity index (χ0v) is 15.4. The average molecular weight is 380 g/mol. The second-order valence-corrected chi connectivity index (χ2v) is 6.59. The summed E-state index contributed by atoms with van der Waals surface area (Å²) < 4.78 is 20.4. The zero-order chi connectivity index (χ0) is 19.3. The average Bonchev–Trinajstić information content (AvgIpc) is 3.23. The van der Waals surface area contributed by atoms with Gasteiger partial charge in [0.1, 0.15) is 18.2 Å². The Balaban J connectivity index is 1.35. The highest BCUT2D eigenvalue weighted by atomic mass is 19.1. The number of carbonyl (C=O) groups is 1. The molecule has 1 aliphatic rings. The lowest BCUT2D eigenvalue weighted by Gasteiger charge is -2.35. The Kier molecular flexibility index (Phi) is 5.23. The molecule has 0 atom stereocenters. The number of anilines is 1. The van der Waals surface area contributed by atoms with Gasteiger partial charge in [-0.3, -0.25) is 0 Å². The summed E-state index contributed by atoms with van der Waals surface area (Å²) >= 11 is 0. The molecule has 0 saturated carbocycles. The van der Waals surface area contributed by atoms with Crippen molar-refractivity contribution in [3.05, 3.63) is 78.2 Å². The Labute approximate surface area is 162 Å². The molecule has 4 rings (SSSR count). The van der Waals surface area contributed by atoms with Gasteiger partial charge in [-0.25, -0.2) is 13.9 Å². The molecular weight excluding hydrogens is 359 g/mol. The number of hydrogen-bond donors (Lipinski definition) is 0. The summed E-state index contributed by atoms with van der Waals surface area (Å²) in [6.07, 6.45) is 1.43. The Morgan fingerprint density at radius 3 is 2.39 bits per heavy atom. The van der Waals surface area contributed by atoms with E-state index in [1.807, 2.05) is 36.4 Å². The van der Waals surface area contributed by atoms with Crippen LogP contribution in [0.15, 0.2) is 66.9 Å². The molecule has 0 radical (unpaired) electrons. The van der Waals surface area contributed by atoms with E-state index in [1.54, 1.807) is 27.9 Å². The monoisotopic (exact) mass is 380 g/mol. The fourth-order valence-electron chi connectivity index (χ4n) is 3.25. The lowest BCUT2D eigenvalue weighted by Crippen LogP contribution is -2.49. The van der Waals surface area contributed by atoms with Crippen molar-refractivity contribution in [1.82, 2.24) is 14.7 Å². The van der Waals surface area contributed by atoms with Crippen molar-refractivity contribution in [3.8, 4) is 5.69 Å². The van der Waals surface area contributed by atoms with Gasteiger partial charge in [-0.05, 0) is 29.8 Å². The highest BCUT2D eigenvalue weighted by Gasteiger charge is 2.24. The number of carbonyl (C=O) groups excluding carboxylic acids is 1. The third-order valence-electron chi connectivity index (χ3n) is 4.76. The fraction of sp³-hybridized carbons (Fsp3) is 0.238. The maximum atomic E-state index is 13.2. The molecule has 0 unspecified atom stereocenters. The van der Waals surface area contributed by atoms with Crippen molar-refractivity contribution in [2.75, 3.05) is 31.1 Å². The molecule has 6 nitrogen and oxygen atoms in total. The van der Waals surface area contributed by atoms with Crippen molar-refractivity contribution in [2.24, 2.45) is 0 Å². The predicted molar refractivity (Wildman–Crippen MR) is 104 cm³/mol. The minimum Gasteiger partial charge on any atom is -0.445 e. The van der Waals surface area contributed by atoms with Gasteiger partial charge in [0.2, 0.25) is 0 Å². The zero-order valence-electron chi connectivity index (χ0n) is 15.4. The van der Waals surface area contributed by atoms with Crippen LogP contribution >= 0.6 is 0 Å². The molecule has 2 aromatic carbocycles. The van der Waals surface area contributed by atoms with Gasteiger partial charge in [0, 0.05) is 32.2 Å². The number of aromatic nitrogens is 2. The Morgan fingerprint density at radius 1 is 0.964 bits per heavy atom. The van der Waals surface area contributed by atoms with Gasteiger partial charge in [0.15, 0.2) is 0 Å². The van der Waals surface area contributed by atoms with Crippen LogP contribution in [0.2, 0.25) is 0 Å². The first kappa shape index (κ1) is 18.0. The number of hydrogen-bond acceptors (Lipinski definition) is 4. The van der Waals surface area contributed by atoms with E-state index in [0.717, 1.165) is 17.1 Å². The van der Waals surface area contributed by atoms with E-state index in [1.165, 1.54) is 12.1 Å². The van der Waals surface area contributed by atoms with Crippen molar-refractivity contribution in [1.29, 1.82) is 0 Å². The van der Waals surface area contributed by atoms with Gasteiger partial charge >= 0.3 is 6.09 Å². The molecule has 1 amide bonds. The summed E-state index contributed by atoms with van der Waals surface area (Å²) in [6, 6.07) is 17.8. The van der Waals surface area contributed by atoms with Gasteiger partial charge in [-0.1, -0.05) is 30.3 Å². The molecule has 0 N–H and O–H groups in total. The third-order valence-corrected chi connectivity index (χ3v) is 4.76. The van der Waals surface area contributed by atoms with Crippen LogP contribution in [0.25, 0.3) is 5.69 Å². The van der Waals surface area contributed by atoms with E-state index in [4.69, 9.17) is 4.74 Å². The Bertz CT molecular complexity index is 919. The molecule has 2 heterocycles. The molecule has 7 heteroatoms. The standard InChI is InChI=1S/C21H21FN4O2/c22-18-6-8-19(9-7-18)26-20(10-11-23-26)24-12-14-25(15-13-24)21(27)28-16-17-4-2-1-3-5-17/h1-11H,12-16H2. The number of rotatable bonds is 4. The maximum absolute atomic E-state index is 13.2. The number of benzene rings is 2. The van der Waals surface area contributed by atoms with E-state index >= 15 is 0 Å². The van der Waals surface area contributed by atoms with E-state index < -0.39 is 0 Å². The summed E-state index contributed by atoms with van der Waals surface area (Å²) in [5.41, 5.74) is 1.77. The SMILES string of the molecule is O=C(OCc1ccccc1)N1CCN(c2ccnn2-c2ccc(F)cc2)CC1. The number of halogens is 1. The second-order valence-electron chi connectivity index (χ2n) is 6.59. The summed E-state index contributed by atoms with van der Waals surface area (Å²) in [5, 5.41) is 4.36. The van der Waals surface area contributed by atoms with Crippen molar-refractivity contribution in [2.45, 2.75) is 6.61 Å². The van der Waals surface area contributed by atoms with Gasteiger partial charge in [-0.2, -0.15) is 5.10 Å². The molecule has 1 aromatic heterocycles. The van der Waals surface area contributed by atoms with Gasteiger partial charge in [-0.15, -0.1) is 0 Å². The highest BCUT2D eigenvalue weighted by Crippen LogP contribution is 2.21. The van der Waals surface area contributed by atoms with Gasteiger partial charge in [0.05, 0.1) is 11.9 Å². The smallest absolute Gasteiger partial charge is 0.410 e. The number of piperazine rings is 1. The lowest BCUT2D eigenvalue weighted by atomic mass is 10.2. The molecule has 144 valence electrons. The summed E-state index contributed by atoms with van der Waals surface area (Å²) in [6.45, 7) is 2.77. The van der Waals surface area contributed by atoms with Crippen molar-refractivity contribution >= 4 is 11.9 Å². The molecule has 0 aliphatic carbocycles. The maximum Gasteiger partial charge on any atom is 0.410 e. The van der Waals surface area contributed by atoms with Gasteiger partial charge in [0.25, 0.3) is 0 Å². The fourth-order valence-corrected chi connectivity index (χ4v) is 3.25. The van der Waals surface area contributed by atoms with Crippen molar-refractivity contribution < 1.29 is 13.9 Å². The molecule has 1 aliphatic heterocycles. The minimum absolute atomic E-state index is 0.275. The van der Waals surface area contributed by atoms with E-state index in [-0.39, 0.29) is 18.5 Å². The van der Waals surface area contributed by atoms with E-state index in [9.17, 15) is 9.18 Å². The Morgan fingerprint density at radius 2 is 1.68 bits per heavy atom. The minimum atomic E-state index is -0.296. The van der Waals surface area contributed by atoms with Crippen LogP contribution < -0.4 is 4.90 Å². The van der Waals surface area contributed by atoms with Crippen LogP contribution in [0.4, 0.5) is 15.0 Å². The van der Waals surface area contributed by atoms with Crippen LogP contribution in [0.3, 0.4) is 0 Å².